The maximum Gasteiger partial charge on any atom is 0.268 e. The van der Waals surface area contributed by atoms with Crippen molar-refractivity contribution >= 4 is 28.4 Å². The molecule has 4 nitrogen and oxygen atoms in total. The highest BCUT2D eigenvalue weighted by atomic mass is 35.5. The van der Waals surface area contributed by atoms with Crippen molar-refractivity contribution in [2.24, 2.45) is 0 Å². The van der Waals surface area contributed by atoms with E-state index >= 15 is 0 Å². The minimum Gasteiger partial charge on any atom is -0.391 e. The van der Waals surface area contributed by atoms with Crippen molar-refractivity contribution in [1.29, 1.82) is 0 Å². The number of rotatable bonds is 2. The van der Waals surface area contributed by atoms with Crippen LogP contribution < -0.4 is 5.32 Å². The van der Waals surface area contributed by atoms with E-state index in [-0.39, 0.29) is 11.9 Å². The zero-order chi connectivity index (χ0) is 16.7. The van der Waals surface area contributed by atoms with Crippen molar-refractivity contribution in [3.8, 4) is 0 Å². The summed E-state index contributed by atoms with van der Waals surface area (Å²) in [6.07, 6.45) is 0.612. The van der Waals surface area contributed by atoms with Crippen molar-refractivity contribution < 1.29 is 9.90 Å². The Morgan fingerprint density at radius 2 is 1.88 bits per heavy atom. The molecule has 0 aliphatic heterocycles. The molecule has 24 heavy (non-hydrogen) atoms. The zero-order valence-electron chi connectivity index (χ0n) is 12.9. The van der Waals surface area contributed by atoms with Crippen molar-refractivity contribution in [2.45, 2.75) is 25.0 Å². The van der Waals surface area contributed by atoms with Crippen LogP contribution >= 0.6 is 11.6 Å². The second-order valence-electron chi connectivity index (χ2n) is 6.24. The smallest absolute Gasteiger partial charge is 0.268 e. The molecular formula is C19H17ClN2O2. The van der Waals surface area contributed by atoms with Crippen molar-refractivity contribution in [3.05, 3.63) is 70.4 Å². The molecule has 0 saturated heterocycles. The van der Waals surface area contributed by atoms with Crippen LogP contribution in [0.15, 0.2) is 48.5 Å². The van der Waals surface area contributed by atoms with Crippen molar-refractivity contribution in [1.82, 2.24) is 10.3 Å². The summed E-state index contributed by atoms with van der Waals surface area (Å²) in [5.41, 5.74) is 3.66. The normalized spacial score (nSPS) is 19.9. The maximum absolute atomic E-state index is 12.5. The molecule has 1 aliphatic rings. The number of halogens is 1. The molecule has 1 aliphatic carbocycles. The number of hydrogen-bond acceptors (Lipinski definition) is 2. The molecule has 0 radical (unpaired) electrons. The van der Waals surface area contributed by atoms with E-state index in [9.17, 15) is 9.90 Å². The fourth-order valence-electron chi connectivity index (χ4n) is 3.32. The van der Waals surface area contributed by atoms with Crippen LogP contribution in [0.25, 0.3) is 10.9 Å². The number of carbonyl (C=O) groups excluding carboxylic acids is 1. The molecule has 3 aromatic rings. The van der Waals surface area contributed by atoms with E-state index in [0.717, 1.165) is 16.5 Å². The highest BCUT2D eigenvalue weighted by Crippen LogP contribution is 2.23. The summed E-state index contributed by atoms with van der Waals surface area (Å²) < 4.78 is 0. The SMILES string of the molecule is O=C(N[C@@H]1Cc2ccccc2CC1O)c1cc2cc(Cl)ccc2[nH]1. The molecule has 0 saturated carbocycles. The lowest BCUT2D eigenvalue weighted by Gasteiger charge is -2.30. The summed E-state index contributed by atoms with van der Waals surface area (Å²) in [6.45, 7) is 0. The number of H-pyrrole nitrogens is 1. The van der Waals surface area contributed by atoms with Crippen molar-refractivity contribution in [2.75, 3.05) is 0 Å². The Labute approximate surface area is 144 Å². The predicted molar refractivity (Wildman–Crippen MR) is 94.4 cm³/mol. The number of nitrogens with one attached hydrogen (secondary N) is 2. The van der Waals surface area contributed by atoms with Gasteiger partial charge in [-0.1, -0.05) is 35.9 Å². The Balaban J connectivity index is 1.55. The second kappa shape index (κ2) is 5.96. The predicted octanol–water partition coefficient (Wildman–Crippen LogP) is 3.08. The molecule has 2 atom stereocenters. The lowest BCUT2D eigenvalue weighted by Crippen LogP contribution is -2.48. The third-order valence-electron chi connectivity index (χ3n) is 4.60. The number of fused-ring (bicyclic) bond motifs is 2. The number of hydrogen-bond donors (Lipinski definition) is 3. The number of aliphatic hydroxyl groups excluding tert-OH is 1. The number of aromatic nitrogens is 1. The minimum absolute atomic E-state index is 0.217. The summed E-state index contributed by atoms with van der Waals surface area (Å²) >= 11 is 5.98. The molecule has 122 valence electrons. The number of aromatic amines is 1. The van der Waals surface area contributed by atoms with E-state index in [1.807, 2.05) is 36.4 Å². The van der Waals surface area contributed by atoms with Crippen LogP contribution in [-0.2, 0) is 12.8 Å². The van der Waals surface area contributed by atoms with Gasteiger partial charge in [-0.2, -0.15) is 0 Å². The van der Waals surface area contributed by atoms with Gasteiger partial charge in [-0.05, 0) is 41.8 Å². The summed E-state index contributed by atoms with van der Waals surface area (Å²) in [5, 5.41) is 14.8. The first-order chi connectivity index (χ1) is 11.6. The Morgan fingerprint density at radius 3 is 2.67 bits per heavy atom. The van der Waals surface area contributed by atoms with Gasteiger partial charge in [0, 0.05) is 22.3 Å². The monoisotopic (exact) mass is 340 g/mol. The highest BCUT2D eigenvalue weighted by Gasteiger charge is 2.28. The molecule has 0 bridgehead atoms. The van der Waals surface area contributed by atoms with Gasteiger partial charge in [-0.15, -0.1) is 0 Å². The highest BCUT2D eigenvalue weighted by molar-refractivity contribution is 6.31. The van der Waals surface area contributed by atoms with Gasteiger partial charge in [0.25, 0.3) is 5.91 Å². The maximum atomic E-state index is 12.5. The summed E-state index contributed by atoms with van der Waals surface area (Å²) in [5.74, 6) is -0.217. The van der Waals surface area contributed by atoms with Crippen LogP contribution in [0.3, 0.4) is 0 Å². The van der Waals surface area contributed by atoms with E-state index in [1.165, 1.54) is 5.56 Å². The molecule has 1 heterocycles. The fourth-order valence-corrected chi connectivity index (χ4v) is 3.50. The topological polar surface area (TPSA) is 65.1 Å². The number of amides is 1. The van der Waals surface area contributed by atoms with Crippen LogP contribution in [0.1, 0.15) is 21.6 Å². The second-order valence-corrected chi connectivity index (χ2v) is 6.68. The van der Waals surface area contributed by atoms with E-state index in [4.69, 9.17) is 11.6 Å². The molecular weight excluding hydrogens is 324 g/mol. The summed E-state index contributed by atoms with van der Waals surface area (Å²) in [4.78, 5) is 15.6. The van der Waals surface area contributed by atoms with E-state index in [2.05, 4.69) is 10.3 Å². The largest absolute Gasteiger partial charge is 0.391 e. The Morgan fingerprint density at radius 1 is 1.12 bits per heavy atom. The third-order valence-corrected chi connectivity index (χ3v) is 4.83. The average Bonchev–Trinajstić information content (AvgIpc) is 2.98. The zero-order valence-corrected chi connectivity index (χ0v) is 13.7. The average molecular weight is 341 g/mol. The van der Waals surface area contributed by atoms with Gasteiger partial charge in [0.1, 0.15) is 5.69 Å². The van der Waals surface area contributed by atoms with Crippen LogP contribution in [0.2, 0.25) is 5.02 Å². The van der Waals surface area contributed by atoms with Gasteiger partial charge in [0.15, 0.2) is 0 Å². The lowest BCUT2D eigenvalue weighted by molar-refractivity contribution is 0.0811. The fraction of sp³-hybridized carbons (Fsp3) is 0.211. The molecule has 1 amide bonds. The molecule has 1 unspecified atom stereocenters. The lowest BCUT2D eigenvalue weighted by atomic mass is 9.86. The van der Waals surface area contributed by atoms with Crippen LogP contribution in [-0.4, -0.2) is 28.1 Å². The standard InChI is InChI=1S/C19H17ClN2O2/c20-14-5-6-15-13(7-14)9-17(21-15)19(24)22-16-8-11-3-1-2-4-12(11)10-18(16)23/h1-7,9,16,18,21,23H,8,10H2,(H,22,24)/t16-,18?/m1/s1. The first kappa shape index (κ1) is 15.2. The number of benzene rings is 2. The minimum atomic E-state index is -0.581. The molecule has 0 fully saturated rings. The third kappa shape index (κ3) is 2.79. The van der Waals surface area contributed by atoms with Gasteiger partial charge >= 0.3 is 0 Å². The van der Waals surface area contributed by atoms with E-state index < -0.39 is 6.10 Å². The first-order valence-corrected chi connectivity index (χ1v) is 8.32. The van der Waals surface area contributed by atoms with Gasteiger partial charge in [-0.25, -0.2) is 0 Å². The molecule has 2 aromatic carbocycles. The quantitative estimate of drug-likeness (QED) is 0.671. The Kier molecular flexibility index (Phi) is 3.79. The Hall–Kier alpha value is -2.30. The summed E-state index contributed by atoms with van der Waals surface area (Å²) in [6, 6.07) is 15.0. The Bertz CT molecular complexity index is 919. The molecule has 3 N–H and O–H groups in total. The van der Waals surface area contributed by atoms with Crippen LogP contribution in [0, 0.1) is 0 Å². The summed E-state index contributed by atoms with van der Waals surface area (Å²) in [7, 11) is 0. The van der Waals surface area contributed by atoms with Crippen molar-refractivity contribution in [3.63, 3.8) is 0 Å². The van der Waals surface area contributed by atoms with E-state index in [1.54, 1.807) is 12.1 Å². The van der Waals surface area contributed by atoms with Crippen LogP contribution in [0.5, 0.6) is 0 Å². The van der Waals surface area contributed by atoms with Crippen LogP contribution in [0.4, 0.5) is 0 Å². The van der Waals surface area contributed by atoms with Gasteiger partial charge in [0.2, 0.25) is 0 Å². The molecule has 0 spiro atoms. The number of carbonyl (C=O) groups is 1. The molecule has 5 heteroatoms. The molecule has 1 aromatic heterocycles. The van der Waals surface area contributed by atoms with Gasteiger partial charge < -0.3 is 15.4 Å². The molecule has 4 rings (SSSR count). The van der Waals surface area contributed by atoms with Gasteiger partial charge in [-0.3, -0.25) is 4.79 Å². The number of aliphatic hydroxyl groups is 1. The van der Waals surface area contributed by atoms with E-state index in [0.29, 0.717) is 23.6 Å². The van der Waals surface area contributed by atoms with Gasteiger partial charge in [0.05, 0.1) is 12.1 Å². The first-order valence-electron chi connectivity index (χ1n) is 7.94.